The number of hydrogen-bond acceptors (Lipinski definition) is 4. The third-order valence-corrected chi connectivity index (χ3v) is 9.32. The molecule has 292 valence electrons. The average Bonchev–Trinajstić information content (AvgIpc) is 3.15. The second kappa shape index (κ2) is 22.0. The van der Waals surface area contributed by atoms with Gasteiger partial charge in [0.05, 0.1) is 19.8 Å². The van der Waals surface area contributed by atoms with E-state index in [1.54, 1.807) is 19.1 Å². The highest BCUT2D eigenvalue weighted by molar-refractivity contribution is 5.78. The van der Waals surface area contributed by atoms with Crippen LogP contribution in [-0.2, 0) is 4.79 Å². The molecule has 0 spiro atoms. The number of benzene rings is 4. The molecule has 10 heteroatoms. The summed E-state index contributed by atoms with van der Waals surface area (Å²) in [7, 11) is 0. The summed E-state index contributed by atoms with van der Waals surface area (Å²) >= 11 is 0. The molecule has 4 aromatic carbocycles. The molecule has 0 N–H and O–H groups in total. The fourth-order valence-electron chi connectivity index (χ4n) is 6.24. The lowest BCUT2D eigenvalue weighted by atomic mass is 10.0. The van der Waals surface area contributed by atoms with E-state index in [0.29, 0.717) is 43.3 Å². The number of carbonyl (C=O) groups excluding carboxylic acids is 1. The van der Waals surface area contributed by atoms with Gasteiger partial charge >= 0.3 is 0 Å². The lowest BCUT2D eigenvalue weighted by Crippen LogP contribution is -2.00. The number of unbranched alkanes of at least 4 members (excludes halogenated alkanes) is 10. The minimum absolute atomic E-state index is 0.0158. The van der Waals surface area contributed by atoms with Gasteiger partial charge in [-0.25, -0.2) is 22.0 Å². The Morgan fingerprint density at radius 1 is 0.481 bits per heavy atom. The minimum atomic E-state index is -1.16. The van der Waals surface area contributed by atoms with Crippen LogP contribution in [0.25, 0.3) is 22.3 Å². The molecule has 54 heavy (non-hydrogen) atoms. The van der Waals surface area contributed by atoms with Gasteiger partial charge in [-0.2, -0.15) is 4.39 Å². The van der Waals surface area contributed by atoms with Crippen LogP contribution in [-0.4, -0.2) is 25.6 Å². The zero-order valence-corrected chi connectivity index (χ0v) is 31.2. The number of ketones is 1. The van der Waals surface area contributed by atoms with Crippen molar-refractivity contribution in [3.63, 3.8) is 0 Å². The molecule has 0 heterocycles. The fraction of sp³-hybridized carbons (Fsp3) is 0.432. The highest BCUT2D eigenvalue weighted by atomic mass is 19.2. The van der Waals surface area contributed by atoms with Crippen molar-refractivity contribution in [3.8, 4) is 39.5 Å². The molecule has 4 aromatic rings. The summed E-state index contributed by atoms with van der Waals surface area (Å²) in [6, 6.07) is 13.6. The summed E-state index contributed by atoms with van der Waals surface area (Å²) in [5.74, 6) is -4.98. The van der Waals surface area contributed by atoms with Crippen LogP contribution >= 0.6 is 0 Å². The molecule has 0 fully saturated rings. The highest BCUT2D eigenvalue weighted by Crippen LogP contribution is 2.33. The number of Topliss-reactive ketones (excluding diaryl/α,β-unsaturated/α-hetero) is 1. The number of aryl methyl sites for hydroxylation is 1. The zero-order chi connectivity index (χ0) is 38.9. The van der Waals surface area contributed by atoms with Crippen molar-refractivity contribution in [3.05, 3.63) is 101 Å². The van der Waals surface area contributed by atoms with E-state index in [1.807, 2.05) is 0 Å². The second-order valence-corrected chi connectivity index (χ2v) is 13.5. The largest absolute Gasteiger partial charge is 0.493 e. The van der Waals surface area contributed by atoms with Gasteiger partial charge in [0.15, 0.2) is 23.2 Å². The molecule has 0 aliphatic rings. The summed E-state index contributed by atoms with van der Waals surface area (Å²) in [4.78, 5) is 12.3. The maximum Gasteiger partial charge on any atom is 0.201 e. The van der Waals surface area contributed by atoms with Gasteiger partial charge in [-0.3, -0.25) is 4.79 Å². The smallest absolute Gasteiger partial charge is 0.201 e. The molecule has 0 radical (unpaired) electrons. The Morgan fingerprint density at radius 3 is 1.39 bits per heavy atom. The summed E-state index contributed by atoms with van der Waals surface area (Å²) in [5, 5.41) is 0. The van der Waals surface area contributed by atoms with Gasteiger partial charge in [0, 0.05) is 47.2 Å². The van der Waals surface area contributed by atoms with E-state index in [4.69, 9.17) is 14.2 Å². The van der Waals surface area contributed by atoms with Gasteiger partial charge in [-0.1, -0.05) is 63.5 Å². The lowest BCUT2D eigenvalue weighted by molar-refractivity contribution is -0.119. The molecule has 4 rings (SSSR count). The Labute approximate surface area is 314 Å². The monoisotopic (exact) mass is 756 g/mol. The van der Waals surface area contributed by atoms with Crippen molar-refractivity contribution in [2.45, 2.75) is 104 Å². The van der Waals surface area contributed by atoms with Crippen LogP contribution in [0.2, 0.25) is 0 Å². The first-order valence-electron chi connectivity index (χ1n) is 19.0. The normalized spacial score (nSPS) is 11.2. The van der Waals surface area contributed by atoms with Crippen molar-refractivity contribution in [2.75, 3.05) is 19.8 Å². The standard InChI is InChI=1S/C44H50F6O4/c1-3-52-40-25-24-37(43(49)44(40)50)35-23-20-33(29-39(35)46)54-27-15-11-7-5-9-13-17-31(51)16-12-8-4-6-10-14-26-53-32-19-22-34(38(45)28-32)36-21-18-30(2)41(47)42(36)48/h18-25,28-29H,3-17,26-27H2,1-2H3. The van der Waals surface area contributed by atoms with Crippen LogP contribution in [0, 0.1) is 41.8 Å². The van der Waals surface area contributed by atoms with Gasteiger partial charge in [-0.15, -0.1) is 0 Å². The Balaban J connectivity index is 0.965. The van der Waals surface area contributed by atoms with E-state index in [1.165, 1.54) is 55.5 Å². The van der Waals surface area contributed by atoms with Crippen LogP contribution in [0.4, 0.5) is 26.3 Å². The van der Waals surface area contributed by atoms with E-state index in [2.05, 4.69) is 0 Å². The van der Waals surface area contributed by atoms with Crippen molar-refractivity contribution >= 4 is 5.78 Å². The SMILES string of the molecule is CCOc1ccc(-c2ccc(OCCCCCCCCC(=O)CCCCCCCCOc3ccc(-c4ccc(C)c(F)c4F)c(F)c3)cc2F)c(F)c1F. The van der Waals surface area contributed by atoms with Crippen molar-refractivity contribution in [1.29, 1.82) is 0 Å². The zero-order valence-electron chi connectivity index (χ0n) is 31.2. The van der Waals surface area contributed by atoms with Gasteiger partial charge < -0.3 is 14.2 Å². The van der Waals surface area contributed by atoms with Crippen LogP contribution < -0.4 is 14.2 Å². The van der Waals surface area contributed by atoms with Gasteiger partial charge in [0.25, 0.3) is 0 Å². The number of ether oxygens (including phenoxy) is 3. The summed E-state index contributed by atoms with van der Waals surface area (Å²) in [5.41, 5.74) is -0.219. The van der Waals surface area contributed by atoms with E-state index in [9.17, 15) is 31.1 Å². The third-order valence-electron chi connectivity index (χ3n) is 9.32. The molecule has 0 aromatic heterocycles. The van der Waals surface area contributed by atoms with Crippen LogP contribution in [0.15, 0.2) is 60.7 Å². The minimum Gasteiger partial charge on any atom is -0.493 e. The maximum absolute atomic E-state index is 14.7. The fourth-order valence-corrected chi connectivity index (χ4v) is 6.24. The van der Waals surface area contributed by atoms with Gasteiger partial charge in [-0.05, 0) is 81.5 Å². The quantitative estimate of drug-likeness (QED) is 0.0527. The lowest BCUT2D eigenvalue weighted by Gasteiger charge is -2.11. The van der Waals surface area contributed by atoms with Crippen molar-refractivity contribution < 1.29 is 45.3 Å². The van der Waals surface area contributed by atoms with Crippen LogP contribution in [0.1, 0.15) is 102 Å². The molecule has 4 nitrogen and oxygen atoms in total. The van der Waals surface area contributed by atoms with Crippen molar-refractivity contribution in [2.24, 2.45) is 0 Å². The molecule has 0 unspecified atom stereocenters. The molecule has 0 aliphatic heterocycles. The van der Waals surface area contributed by atoms with E-state index in [0.717, 1.165) is 77.0 Å². The molecule has 0 atom stereocenters. The molecule has 0 saturated heterocycles. The highest BCUT2D eigenvalue weighted by Gasteiger charge is 2.19. The summed E-state index contributed by atoms with van der Waals surface area (Å²) in [6.45, 7) is 4.14. The van der Waals surface area contributed by atoms with Crippen molar-refractivity contribution in [1.82, 2.24) is 0 Å². The molecular formula is C44H50F6O4. The second-order valence-electron chi connectivity index (χ2n) is 13.5. The molecule has 0 aliphatic carbocycles. The first-order valence-corrected chi connectivity index (χ1v) is 19.0. The Kier molecular flexibility index (Phi) is 17.3. The molecule has 0 saturated carbocycles. The number of halogens is 6. The van der Waals surface area contributed by atoms with Crippen LogP contribution in [0.5, 0.6) is 17.2 Å². The summed E-state index contributed by atoms with van der Waals surface area (Å²) in [6.07, 6.45) is 12.6. The van der Waals surface area contributed by atoms with Crippen LogP contribution in [0.3, 0.4) is 0 Å². The van der Waals surface area contributed by atoms with Gasteiger partial charge in [0.2, 0.25) is 5.82 Å². The topological polar surface area (TPSA) is 44.8 Å². The molecule has 0 bridgehead atoms. The average molecular weight is 757 g/mol. The third kappa shape index (κ3) is 12.6. The molecule has 0 amide bonds. The molecular weight excluding hydrogens is 706 g/mol. The van der Waals surface area contributed by atoms with E-state index >= 15 is 0 Å². The first-order chi connectivity index (χ1) is 26.1. The Morgan fingerprint density at radius 2 is 0.907 bits per heavy atom. The first kappa shape index (κ1) is 42.3. The maximum atomic E-state index is 14.7. The number of hydrogen-bond donors (Lipinski definition) is 0. The Hall–Kier alpha value is -4.47. The van der Waals surface area contributed by atoms with E-state index in [-0.39, 0.29) is 40.2 Å². The predicted molar refractivity (Wildman–Crippen MR) is 200 cm³/mol. The number of carbonyl (C=O) groups is 1. The van der Waals surface area contributed by atoms with Gasteiger partial charge in [0.1, 0.15) is 28.9 Å². The predicted octanol–water partition coefficient (Wildman–Crippen LogP) is 13.1. The Bertz CT molecular complexity index is 1810. The van der Waals surface area contributed by atoms with E-state index < -0.39 is 34.9 Å². The summed E-state index contributed by atoms with van der Waals surface area (Å²) < 4.78 is 103. The number of rotatable bonds is 24.